The minimum atomic E-state index is -0.219. The summed E-state index contributed by atoms with van der Waals surface area (Å²) in [6.07, 6.45) is 1.35. The standard InChI is InChI=1S/C10H11BrN4OS/c1-5(2)6-3-17-10(14-6)15-8-7(11)9(16)13-4-12-8/h3-5H,1-2H3,(H2,12,13,14,15,16). The van der Waals surface area contributed by atoms with Crippen molar-refractivity contribution in [3.05, 3.63) is 32.2 Å². The molecular weight excluding hydrogens is 304 g/mol. The Morgan fingerprint density at radius 2 is 2.29 bits per heavy atom. The van der Waals surface area contributed by atoms with Gasteiger partial charge in [-0.05, 0) is 21.8 Å². The number of thiazole rings is 1. The molecule has 0 saturated carbocycles. The fraction of sp³-hybridized carbons (Fsp3) is 0.300. The summed E-state index contributed by atoms with van der Waals surface area (Å²) < 4.78 is 0.376. The van der Waals surface area contributed by atoms with Crippen LogP contribution in [0.1, 0.15) is 25.5 Å². The van der Waals surface area contributed by atoms with E-state index in [0.29, 0.717) is 16.2 Å². The second kappa shape index (κ2) is 4.97. The van der Waals surface area contributed by atoms with Crippen LogP contribution in [-0.4, -0.2) is 15.0 Å². The van der Waals surface area contributed by atoms with Crippen molar-refractivity contribution in [2.75, 3.05) is 5.32 Å². The number of nitrogens with zero attached hydrogens (tertiary/aromatic N) is 2. The van der Waals surface area contributed by atoms with Gasteiger partial charge in [0.15, 0.2) is 10.9 Å². The van der Waals surface area contributed by atoms with Crippen LogP contribution in [0.5, 0.6) is 0 Å². The molecule has 0 bridgehead atoms. The van der Waals surface area contributed by atoms with Crippen LogP contribution in [0.3, 0.4) is 0 Å². The number of rotatable bonds is 3. The van der Waals surface area contributed by atoms with Crippen molar-refractivity contribution in [2.24, 2.45) is 0 Å². The molecule has 0 atom stereocenters. The Kier molecular flexibility index (Phi) is 3.58. The number of nitrogens with one attached hydrogen (secondary N) is 2. The van der Waals surface area contributed by atoms with Crippen molar-refractivity contribution in [3.8, 4) is 0 Å². The lowest BCUT2D eigenvalue weighted by Gasteiger charge is -2.02. The van der Waals surface area contributed by atoms with E-state index >= 15 is 0 Å². The molecule has 0 radical (unpaired) electrons. The third kappa shape index (κ3) is 2.73. The van der Waals surface area contributed by atoms with E-state index in [9.17, 15) is 4.79 Å². The summed E-state index contributed by atoms with van der Waals surface area (Å²) >= 11 is 4.67. The van der Waals surface area contributed by atoms with E-state index in [-0.39, 0.29) is 5.56 Å². The summed E-state index contributed by atoms with van der Waals surface area (Å²) in [5, 5.41) is 5.74. The molecule has 2 heterocycles. The molecule has 7 heteroatoms. The number of aromatic nitrogens is 3. The Bertz CT molecular complexity index is 578. The maximum atomic E-state index is 11.3. The molecule has 0 spiro atoms. The SMILES string of the molecule is CC(C)c1csc(Nc2nc[nH]c(=O)c2Br)n1. The van der Waals surface area contributed by atoms with Gasteiger partial charge in [0.2, 0.25) is 0 Å². The Hall–Kier alpha value is -1.21. The average molecular weight is 315 g/mol. The highest BCUT2D eigenvalue weighted by Gasteiger charge is 2.09. The number of hydrogen-bond donors (Lipinski definition) is 2. The second-order valence-corrected chi connectivity index (χ2v) is 5.40. The lowest BCUT2D eigenvalue weighted by Crippen LogP contribution is -2.09. The van der Waals surface area contributed by atoms with Crippen LogP contribution in [0.25, 0.3) is 0 Å². The maximum Gasteiger partial charge on any atom is 0.267 e. The zero-order valence-corrected chi connectivity index (χ0v) is 11.7. The molecule has 0 aliphatic heterocycles. The lowest BCUT2D eigenvalue weighted by atomic mass is 10.2. The van der Waals surface area contributed by atoms with Crippen molar-refractivity contribution in [3.63, 3.8) is 0 Å². The Morgan fingerprint density at radius 3 is 2.94 bits per heavy atom. The summed E-state index contributed by atoms with van der Waals surface area (Å²) in [6, 6.07) is 0. The minimum Gasteiger partial charge on any atom is -0.315 e. The normalized spacial score (nSPS) is 10.8. The van der Waals surface area contributed by atoms with Gasteiger partial charge in [-0.15, -0.1) is 11.3 Å². The van der Waals surface area contributed by atoms with E-state index in [1.54, 1.807) is 0 Å². The lowest BCUT2D eigenvalue weighted by molar-refractivity contribution is 0.834. The maximum absolute atomic E-state index is 11.3. The van der Waals surface area contributed by atoms with Gasteiger partial charge >= 0.3 is 0 Å². The summed E-state index contributed by atoms with van der Waals surface area (Å²) in [5.41, 5.74) is 0.807. The van der Waals surface area contributed by atoms with Crippen LogP contribution in [0.2, 0.25) is 0 Å². The number of anilines is 2. The molecule has 0 aromatic carbocycles. The Balaban J connectivity index is 2.25. The highest BCUT2D eigenvalue weighted by molar-refractivity contribution is 9.10. The van der Waals surface area contributed by atoms with Crippen molar-refractivity contribution in [1.82, 2.24) is 15.0 Å². The molecule has 0 amide bonds. The topological polar surface area (TPSA) is 70.7 Å². The number of hydrogen-bond acceptors (Lipinski definition) is 5. The first-order valence-corrected chi connectivity index (χ1v) is 6.71. The molecule has 0 unspecified atom stereocenters. The Labute approximate surface area is 110 Å². The highest BCUT2D eigenvalue weighted by Crippen LogP contribution is 2.25. The van der Waals surface area contributed by atoms with Gasteiger partial charge in [0, 0.05) is 5.38 Å². The summed E-state index contributed by atoms with van der Waals surface area (Å²) in [7, 11) is 0. The fourth-order valence-corrected chi connectivity index (χ4v) is 2.37. The molecule has 2 aromatic rings. The second-order valence-electron chi connectivity index (χ2n) is 3.75. The summed E-state index contributed by atoms with van der Waals surface area (Å²) in [4.78, 5) is 22.3. The van der Waals surface area contributed by atoms with Gasteiger partial charge in [0.1, 0.15) is 4.47 Å². The molecule has 5 nitrogen and oxygen atoms in total. The average Bonchev–Trinajstić information content (AvgIpc) is 2.73. The van der Waals surface area contributed by atoms with Gasteiger partial charge in [-0.25, -0.2) is 9.97 Å². The van der Waals surface area contributed by atoms with Gasteiger partial charge in [0.05, 0.1) is 12.0 Å². The van der Waals surface area contributed by atoms with Crippen molar-refractivity contribution in [1.29, 1.82) is 0 Å². The molecule has 0 saturated heterocycles. The van der Waals surface area contributed by atoms with Gasteiger partial charge < -0.3 is 10.3 Å². The quantitative estimate of drug-likeness (QED) is 0.914. The molecule has 17 heavy (non-hydrogen) atoms. The monoisotopic (exact) mass is 314 g/mol. The Morgan fingerprint density at radius 1 is 1.53 bits per heavy atom. The molecule has 2 aromatic heterocycles. The highest BCUT2D eigenvalue weighted by atomic mass is 79.9. The van der Waals surface area contributed by atoms with Gasteiger partial charge in [-0.3, -0.25) is 4.79 Å². The first-order chi connectivity index (χ1) is 8.08. The van der Waals surface area contributed by atoms with Crippen LogP contribution in [0.4, 0.5) is 10.9 Å². The van der Waals surface area contributed by atoms with E-state index in [4.69, 9.17) is 0 Å². The zero-order valence-electron chi connectivity index (χ0n) is 9.32. The zero-order chi connectivity index (χ0) is 12.4. The van der Waals surface area contributed by atoms with Crippen LogP contribution in [0.15, 0.2) is 21.0 Å². The molecule has 0 aliphatic rings. The van der Waals surface area contributed by atoms with Crippen LogP contribution < -0.4 is 10.9 Å². The summed E-state index contributed by atoms with van der Waals surface area (Å²) in [6.45, 7) is 4.17. The number of aromatic amines is 1. The van der Waals surface area contributed by atoms with Crippen LogP contribution >= 0.6 is 27.3 Å². The molecule has 0 fully saturated rings. The minimum absolute atomic E-state index is 0.219. The van der Waals surface area contributed by atoms with E-state index in [1.807, 2.05) is 5.38 Å². The van der Waals surface area contributed by atoms with Gasteiger partial charge in [-0.1, -0.05) is 13.8 Å². The first-order valence-electron chi connectivity index (χ1n) is 5.03. The molecular formula is C10H11BrN4OS. The smallest absolute Gasteiger partial charge is 0.267 e. The van der Waals surface area contributed by atoms with Gasteiger partial charge in [-0.2, -0.15) is 0 Å². The predicted octanol–water partition coefficient (Wildman–Crippen LogP) is 2.86. The number of H-pyrrole nitrogens is 1. The largest absolute Gasteiger partial charge is 0.315 e. The van der Waals surface area contributed by atoms with E-state index in [2.05, 4.69) is 50.0 Å². The van der Waals surface area contributed by atoms with Crippen LogP contribution in [0, 0.1) is 0 Å². The molecule has 0 aliphatic carbocycles. The van der Waals surface area contributed by atoms with E-state index < -0.39 is 0 Å². The van der Waals surface area contributed by atoms with Crippen molar-refractivity contribution in [2.45, 2.75) is 19.8 Å². The fourth-order valence-electron chi connectivity index (χ4n) is 1.18. The molecule has 2 N–H and O–H groups in total. The molecule has 90 valence electrons. The summed E-state index contributed by atoms with van der Waals surface area (Å²) in [5.74, 6) is 0.857. The predicted molar refractivity (Wildman–Crippen MR) is 72.0 cm³/mol. The number of halogens is 1. The van der Waals surface area contributed by atoms with Crippen molar-refractivity contribution < 1.29 is 0 Å². The van der Waals surface area contributed by atoms with Crippen LogP contribution in [-0.2, 0) is 0 Å². The van der Waals surface area contributed by atoms with E-state index in [0.717, 1.165) is 10.8 Å². The van der Waals surface area contributed by atoms with Gasteiger partial charge in [0.25, 0.3) is 5.56 Å². The van der Waals surface area contributed by atoms with E-state index in [1.165, 1.54) is 17.7 Å². The van der Waals surface area contributed by atoms with Crippen molar-refractivity contribution >= 4 is 38.2 Å². The molecule has 2 rings (SSSR count). The first kappa shape index (κ1) is 12.3. The third-order valence-corrected chi connectivity index (χ3v) is 3.65. The third-order valence-electron chi connectivity index (χ3n) is 2.14.